The Bertz CT molecular complexity index is 682. The van der Waals surface area contributed by atoms with Crippen molar-refractivity contribution in [2.45, 2.75) is 26.8 Å². The van der Waals surface area contributed by atoms with E-state index in [9.17, 15) is 0 Å². The minimum Gasteiger partial charge on any atom is -0.496 e. The Hall–Kier alpha value is -2.23. The maximum Gasteiger partial charge on any atom is 0.128 e. The molecule has 110 valence electrons. The molecule has 2 N–H and O–H groups in total. The van der Waals surface area contributed by atoms with Crippen molar-refractivity contribution in [2.24, 2.45) is 0 Å². The molecule has 4 nitrogen and oxygen atoms in total. The van der Waals surface area contributed by atoms with Gasteiger partial charge in [-0.1, -0.05) is 6.07 Å². The number of hydrogen-bond acceptors (Lipinski definition) is 4. The zero-order valence-corrected chi connectivity index (χ0v) is 12.8. The van der Waals surface area contributed by atoms with Crippen LogP contribution < -0.4 is 15.4 Å². The third-order valence-corrected chi connectivity index (χ3v) is 4.19. The van der Waals surface area contributed by atoms with Crippen molar-refractivity contribution in [1.82, 2.24) is 4.98 Å². The summed E-state index contributed by atoms with van der Waals surface area (Å²) in [4.78, 5) is 6.94. The monoisotopic (exact) mass is 283 g/mol. The first kappa shape index (κ1) is 13.7. The Kier molecular flexibility index (Phi) is 3.45. The summed E-state index contributed by atoms with van der Waals surface area (Å²) in [6, 6.07) is 6.16. The quantitative estimate of drug-likeness (QED) is 0.880. The predicted octanol–water partition coefficient (Wildman–Crippen LogP) is 2.85. The van der Waals surface area contributed by atoms with E-state index in [1.807, 2.05) is 19.2 Å². The van der Waals surface area contributed by atoms with E-state index in [4.69, 9.17) is 10.5 Å². The molecule has 2 aromatic rings. The molecular weight excluding hydrogens is 262 g/mol. The van der Waals surface area contributed by atoms with Crippen molar-refractivity contribution in [3.8, 4) is 5.75 Å². The first-order chi connectivity index (χ1) is 10.1. The molecule has 0 unspecified atom stereocenters. The SMILES string of the molecule is COc1c(C)cnc(CN2CCc3ccc(N)cc32)c1C. The molecule has 4 heteroatoms. The highest BCUT2D eigenvalue weighted by molar-refractivity contribution is 5.64. The Morgan fingerprint density at radius 3 is 2.90 bits per heavy atom. The minimum atomic E-state index is 0.791. The van der Waals surface area contributed by atoms with Gasteiger partial charge in [0, 0.05) is 35.2 Å². The van der Waals surface area contributed by atoms with Crippen molar-refractivity contribution in [2.75, 3.05) is 24.3 Å². The van der Waals surface area contributed by atoms with Crippen LogP contribution in [0, 0.1) is 13.8 Å². The second-order valence-electron chi connectivity index (χ2n) is 5.61. The van der Waals surface area contributed by atoms with Crippen molar-refractivity contribution in [3.63, 3.8) is 0 Å². The van der Waals surface area contributed by atoms with E-state index in [0.717, 1.165) is 47.8 Å². The topological polar surface area (TPSA) is 51.4 Å². The van der Waals surface area contributed by atoms with Crippen LogP contribution in [0.4, 0.5) is 11.4 Å². The first-order valence-electron chi connectivity index (χ1n) is 7.22. The van der Waals surface area contributed by atoms with Crippen LogP contribution >= 0.6 is 0 Å². The molecule has 1 aliphatic heterocycles. The molecule has 0 saturated carbocycles. The summed E-state index contributed by atoms with van der Waals surface area (Å²) < 4.78 is 5.49. The van der Waals surface area contributed by atoms with Crippen molar-refractivity contribution >= 4 is 11.4 Å². The number of nitrogen functional groups attached to an aromatic ring is 1. The van der Waals surface area contributed by atoms with E-state index in [1.165, 1.54) is 11.3 Å². The second kappa shape index (κ2) is 5.28. The molecule has 1 aromatic heterocycles. The molecule has 0 atom stereocenters. The molecule has 0 fully saturated rings. The number of benzene rings is 1. The first-order valence-corrected chi connectivity index (χ1v) is 7.22. The lowest BCUT2D eigenvalue weighted by atomic mass is 10.1. The van der Waals surface area contributed by atoms with Gasteiger partial charge in [0.2, 0.25) is 0 Å². The lowest BCUT2D eigenvalue weighted by Crippen LogP contribution is -2.21. The fraction of sp³-hybridized carbons (Fsp3) is 0.353. The number of nitrogens with two attached hydrogens (primary N) is 1. The van der Waals surface area contributed by atoms with E-state index in [0.29, 0.717) is 0 Å². The number of aromatic nitrogens is 1. The fourth-order valence-electron chi connectivity index (χ4n) is 3.04. The maximum atomic E-state index is 5.92. The van der Waals surface area contributed by atoms with Gasteiger partial charge in [-0.25, -0.2) is 0 Å². The molecule has 2 heterocycles. The summed E-state index contributed by atoms with van der Waals surface area (Å²) in [5.74, 6) is 0.937. The summed E-state index contributed by atoms with van der Waals surface area (Å²) in [5.41, 5.74) is 12.6. The van der Waals surface area contributed by atoms with Crippen LogP contribution in [-0.2, 0) is 13.0 Å². The van der Waals surface area contributed by atoms with E-state index >= 15 is 0 Å². The predicted molar refractivity (Wildman–Crippen MR) is 85.9 cm³/mol. The maximum absolute atomic E-state index is 5.92. The Morgan fingerprint density at radius 2 is 2.14 bits per heavy atom. The summed E-state index contributed by atoms with van der Waals surface area (Å²) in [6.45, 7) is 5.90. The van der Waals surface area contributed by atoms with E-state index < -0.39 is 0 Å². The molecule has 1 aliphatic rings. The van der Waals surface area contributed by atoms with Gasteiger partial charge in [0.05, 0.1) is 19.3 Å². The van der Waals surface area contributed by atoms with Crippen LogP contribution in [0.15, 0.2) is 24.4 Å². The van der Waals surface area contributed by atoms with Crippen LogP contribution in [0.3, 0.4) is 0 Å². The molecule has 0 bridgehead atoms. The number of hydrogen-bond donors (Lipinski definition) is 1. The number of pyridine rings is 1. The highest BCUT2D eigenvalue weighted by atomic mass is 16.5. The van der Waals surface area contributed by atoms with Gasteiger partial charge in [0.15, 0.2) is 0 Å². The lowest BCUT2D eigenvalue weighted by Gasteiger charge is -2.21. The standard InChI is InChI=1S/C17H21N3O/c1-11-9-19-15(12(2)17(11)21-3)10-20-7-6-13-4-5-14(18)8-16(13)20/h4-5,8-9H,6-7,10,18H2,1-3H3. The van der Waals surface area contributed by atoms with Gasteiger partial charge < -0.3 is 15.4 Å². The average molecular weight is 283 g/mol. The number of aryl methyl sites for hydroxylation is 1. The molecule has 0 radical (unpaired) electrons. The van der Waals surface area contributed by atoms with E-state index in [2.05, 4.69) is 28.9 Å². The van der Waals surface area contributed by atoms with Crippen LogP contribution in [0.1, 0.15) is 22.4 Å². The number of ether oxygens (including phenoxy) is 1. The Balaban J connectivity index is 1.91. The van der Waals surface area contributed by atoms with E-state index in [-0.39, 0.29) is 0 Å². The summed E-state index contributed by atoms with van der Waals surface area (Å²) >= 11 is 0. The number of nitrogens with zero attached hydrogens (tertiary/aromatic N) is 2. The summed E-state index contributed by atoms with van der Waals surface area (Å²) in [5, 5.41) is 0. The molecule has 1 aromatic carbocycles. The van der Waals surface area contributed by atoms with E-state index in [1.54, 1.807) is 7.11 Å². The average Bonchev–Trinajstić information content (AvgIpc) is 2.85. The van der Waals surface area contributed by atoms with Gasteiger partial charge in [0.25, 0.3) is 0 Å². The smallest absolute Gasteiger partial charge is 0.128 e. The fourth-order valence-corrected chi connectivity index (χ4v) is 3.04. The minimum absolute atomic E-state index is 0.791. The van der Waals surface area contributed by atoms with Crippen molar-refractivity contribution < 1.29 is 4.74 Å². The van der Waals surface area contributed by atoms with Crippen LogP contribution in [0.5, 0.6) is 5.75 Å². The van der Waals surface area contributed by atoms with Gasteiger partial charge in [0.1, 0.15) is 5.75 Å². The van der Waals surface area contributed by atoms with Gasteiger partial charge in [-0.2, -0.15) is 0 Å². The Morgan fingerprint density at radius 1 is 1.33 bits per heavy atom. The summed E-state index contributed by atoms with van der Waals surface area (Å²) in [7, 11) is 1.71. The van der Waals surface area contributed by atoms with Gasteiger partial charge >= 0.3 is 0 Å². The molecular formula is C17H21N3O. The molecule has 21 heavy (non-hydrogen) atoms. The highest BCUT2D eigenvalue weighted by Gasteiger charge is 2.21. The third kappa shape index (κ3) is 2.42. The summed E-state index contributed by atoms with van der Waals surface area (Å²) in [6.07, 6.45) is 2.95. The second-order valence-corrected chi connectivity index (χ2v) is 5.61. The largest absolute Gasteiger partial charge is 0.496 e. The lowest BCUT2D eigenvalue weighted by molar-refractivity contribution is 0.407. The molecule has 0 spiro atoms. The van der Waals surface area contributed by atoms with Crippen molar-refractivity contribution in [1.29, 1.82) is 0 Å². The van der Waals surface area contributed by atoms with Crippen LogP contribution in [0.2, 0.25) is 0 Å². The number of fused-ring (bicyclic) bond motifs is 1. The van der Waals surface area contributed by atoms with Crippen molar-refractivity contribution in [3.05, 3.63) is 46.8 Å². The van der Waals surface area contributed by atoms with Gasteiger partial charge in [-0.05, 0) is 38.0 Å². The highest BCUT2D eigenvalue weighted by Crippen LogP contribution is 2.32. The zero-order chi connectivity index (χ0) is 15.0. The number of rotatable bonds is 3. The normalized spacial score (nSPS) is 13.4. The Labute approximate surface area is 125 Å². The number of methoxy groups -OCH3 is 1. The van der Waals surface area contributed by atoms with Gasteiger partial charge in [-0.15, -0.1) is 0 Å². The van der Waals surface area contributed by atoms with Crippen LogP contribution in [-0.4, -0.2) is 18.6 Å². The third-order valence-electron chi connectivity index (χ3n) is 4.19. The van der Waals surface area contributed by atoms with Gasteiger partial charge in [-0.3, -0.25) is 4.98 Å². The number of anilines is 2. The molecule has 3 rings (SSSR count). The zero-order valence-electron chi connectivity index (χ0n) is 12.8. The molecule has 0 aliphatic carbocycles. The molecule has 0 amide bonds. The molecule has 0 saturated heterocycles. The van der Waals surface area contributed by atoms with Crippen LogP contribution in [0.25, 0.3) is 0 Å².